The summed E-state index contributed by atoms with van der Waals surface area (Å²) in [5.41, 5.74) is 7.00. The minimum absolute atomic E-state index is 0.0748. The molecule has 0 aromatic heterocycles. The third-order valence-electron chi connectivity index (χ3n) is 3.32. The SMILES string of the molecule is C=CN=C(C=C)C(=O)NC1CN(C(=O)c2ccc(N)cc2)C1. The monoisotopic (exact) mass is 298 g/mol. The molecule has 0 bridgehead atoms. The van der Waals surface area contributed by atoms with Gasteiger partial charge in [-0.25, -0.2) is 0 Å². The molecule has 1 heterocycles. The second kappa shape index (κ2) is 6.71. The summed E-state index contributed by atoms with van der Waals surface area (Å²) in [7, 11) is 0. The van der Waals surface area contributed by atoms with Crippen molar-refractivity contribution < 1.29 is 9.59 Å². The van der Waals surface area contributed by atoms with Gasteiger partial charge in [0.1, 0.15) is 5.71 Å². The van der Waals surface area contributed by atoms with E-state index in [1.807, 2.05) is 0 Å². The van der Waals surface area contributed by atoms with Gasteiger partial charge in [0.25, 0.3) is 11.8 Å². The zero-order valence-corrected chi connectivity index (χ0v) is 12.2. The van der Waals surface area contributed by atoms with Crippen molar-refractivity contribution >= 4 is 23.2 Å². The minimum Gasteiger partial charge on any atom is -0.399 e. The summed E-state index contributed by atoms with van der Waals surface area (Å²) in [5, 5.41) is 2.79. The van der Waals surface area contributed by atoms with Crippen LogP contribution in [0.1, 0.15) is 10.4 Å². The van der Waals surface area contributed by atoms with Gasteiger partial charge in [0.15, 0.2) is 0 Å². The predicted octanol–water partition coefficient (Wildman–Crippen LogP) is 0.980. The highest BCUT2D eigenvalue weighted by atomic mass is 16.2. The van der Waals surface area contributed by atoms with Crippen molar-refractivity contribution in [1.82, 2.24) is 10.2 Å². The lowest BCUT2D eigenvalue weighted by Gasteiger charge is -2.39. The number of carbonyl (C=O) groups is 2. The maximum absolute atomic E-state index is 12.2. The molecule has 2 rings (SSSR count). The normalized spacial score (nSPS) is 14.9. The molecule has 1 saturated heterocycles. The molecule has 2 amide bonds. The second-order valence-electron chi connectivity index (χ2n) is 4.90. The van der Waals surface area contributed by atoms with E-state index >= 15 is 0 Å². The Bertz CT molecular complexity index is 628. The molecule has 0 radical (unpaired) electrons. The lowest BCUT2D eigenvalue weighted by atomic mass is 10.1. The van der Waals surface area contributed by atoms with Gasteiger partial charge in [0.2, 0.25) is 0 Å². The number of rotatable bonds is 5. The van der Waals surface area contributed by atoms with Crippen molar-refractivity contribution in [2.75, 3.05) is 18.8 Å². The number of nitrogens with zero attached hydrogens (tertiary/aromatic N) is 2. The summed E-state index contributed by atoms with van der Waals surface area (Å²) >= 11 is 0. The zero-order chi connectivity index (χ0) is 16.1. The van der Waals surface area contributed by atoms with E-state index in [2.05, 4.69) is 23.5 Å². The van der Waals surface area contributed by atoms with Crippen LogP contribution in [0.3, 0.4) is 0 Å². The van der Waals surface area contributed by atoms with Crippen molar-refractivity contribution in [3.05, 3.63) is 55.3 Å². The van der Waals surface area contributed by atoms with Gasteiger partial charge in [-0.3, -0.25) is 14.6 Å². The molecule has 1 aliphatic rings. The average Bonchev–Trinajstić information content (AvgIpc) is 2.47. The van der Waals surface area contributed by atoms with Crippen LogP contribution < -0.4 is 11.1 Å². The Kier molecular flexibility index (Phi) is 4.73. The average molecular weight is 298 g/mol. The molecule has 1 aliphatic heterocycles. The summed E-state index contributed by atoms with van der Waals surface area (Å²) in [6.45, 7) is 7.90. The Balaban J connectivity index is 1.87. The Morgan fingerprint density at radius 1 is 1.27 bits per heavy atom. The van der Waals surface area contributed by atoms with Gasteiger partial charge < -0.3 is 16.0 Å². The van der Waals surface area contributed by atoms with Gasteiger partial charge in [0, 0.05) is 30.5 Å². The highest BCUT2D eigenvalue weighted by Gasteiger charge is 2.32. The van der Waals surface area contributed by atoms with Crippen LogP contribution >= 0.6 is 0 Å². The predicted molar refractivity (Wildman–Crippen MR) is 86.5 cm³/mol. The van der Waals surface area contributed by atoms with Crippen LogP contribution in [0.2, 0.25) is 0 Å². The highest BCUT2D eigenvalue weighted by Crippen LogP contribution is 2.14. The smallest absolute Gasteiger partial charge is 0.270 e. The number of benzene rings is 1. The molecule has 1 aromatic carbocycles. The largest absolute Gasteiger partial charge is 0.399 e. The Hall–Kier alpha value is -2.89. The molecule has 0 unspecified atom stereocenters. The molecule has 1 aromatic rings. The fourth-order valence-corrected chi connectivity index (χ4v) is 2.11. The molecule has 6 nitrogen and oxygen atoms in total. The first-order valence-electron chi connectivity index (χ1n) is 6.82. The van der Waals surface area contributed by atoms with E-state index in [-0.39, 0.29) is 23.6 Å². The molecule has 1 fully saturated rings. The Labute approximate surface area is 129 Å². The van der Waals surface area contributed by atoms with E-state index in [1.54, 1.807) is 29.2 Å². The molecule has 114 valence electrons. The number of likely N-dealkylation sites (tertiary alicyclic amines) is 1. The molecule has 22 heavy (non-hydrogen) atoms. The number of amides is 2. The summed E-state index contributed by atoms with van der Waals surface area (Å²) < 4.78 is 0. The summed E-state index contributed by atoms with van der Waals surface area (Å²) in [6.07, 6.45) is 2.65. The van der Waals surface area contributed by atoms with Gasteiger partial charge in [-0.05, 0) is 30.3 Å². The topological polar surface area (TPSA) is 87.8 Å². The van der Waals surface area contributed by atoms with Crippen molar-refractivity contribution in [1.29, 1.82) is 0 Å². The number of hydrogen-bond donors (Lipinski definition) is 2. The second-order valence-corrected chi connectivity index (χ2v) is 4.90. The highest BCUT2D eigenvalue weighted by molar-refractivity contribution is 6.43. The number of nitrogens with two attached hydrogens (primary N) is 1. The van der Waals surface area contributed by atoms with Gasteiger partial charge in [0.05, 0.1) is 6.04 Å². The number of anilines is 1. The Morgan fingerprint density at radius 3 is 2.45 bits per heavy atom. The third kappa shape index (κ3) is 3.41. The van der Waals surface area contributed by atoms with E-state index in [0.717, 1.165) is 0 Å². The van der Waals surface area contributed by atoms with Crippen LogP contribution in [0.5, 0.6) is 0 Å². The van der Waals surface area contributed by atoms with Crippen molar-refractivity contribution in [3.8, 4) is 0 Å². The summed E-state index contributed by atoms with van der Waals surface area (Å²) in [4.78, 5) is 29.5. The van der Waals surface area contributed by atoms with Gasteiger partial charge in [-0.15, -0.1) is 0 Å². The molecular formula is C16H18N4O2. The first kappa shape index (κ1) is 15.5. The summed E-state index contributed by atoms with van der Waals surface area (Å²) in [5.74, 6) is -0.395. The minimum atomic E-state index is -0.320. The maximum atomic E-state index is 12.2. The standard InChI is InChI=1S/C16H18N4O2/c1-3-14(18-4-2)15(21)19-13-9-20(10-13)16(22)11-5-7-12(17)8-6-11/h3-8,13H,1-2,9-10,17H2,(H,19,21). The first-order chi connectivity index (χ1) is 10.5. The molecule has 6 heteroatoms. The van der Waals surface area contributed by atoms with E-state index in [0.29, 0.717) is 24.3 Å². The number of nitrogen functional groups attached to an aromatic ring is 1. The lowest BCUT2D eigenvalue weighted by molar-refractivity contribution is -0.116. The Morgan fingerprint density at radius 2 is 1.91 bits per heavy atom. The molecular weight excluding hydrogens is 280 g/mol. The fourth-order valence-electron chi connectivity index (χ4n) is 2.11. The fraction of sp³-hybridized carbons (Fsp3) is 0.188. The van der Waals surface area contributed by atoms with Crippen molar-refractivity contribution in [3.63, 3.8) is 0 Å². The van der Waals surface area contributed by atoms with Gasteiger partial charge in [-0.1, -0.05) is 13.2 Å². The number of aliphatic imine (C=N–C) groups is 1. The quantitative estimate of drug-likeness (QED) is 0.627. The number of hydrogen-bond acceptors (Lipinski definition) is 4. The van der Waals surface area contributed by atoms with Crippen molar-refractivity contribution in [2.45, 2.75) is 6.04 Å². The van der Waals surface area contributed by atoms with Gasteiger partial charge in [-0.2, -0.15) is 0 Å². The van der Waals surface area contributed by atoms with Crippen LogP contribution in [0.4, 0.5) is 5.69 Å². The van der Waals surface area contributed by atoms with E-state index in [9.17, 15) is 9.59 Å². The first-order valence-corrected chi connectivity index (χ1v) is 6.82. The van der Waals surface area contributed by atoms with E-state index in [1.165, 1.54) is 12.3 Å². The third-order valence-corrected chi connectivity index (χ3v) is 3.32. The molecule has 0 aliphatic carbocycles. The lowest BCUT2D eigenvalue weighted by Crippen LogP contribution is -2.61. The molecule has 3 N–H and O–H groups in total. The maximum Gasteiger partial charge on any atom is 0.270 e. The van der Waals surface area contributed by atoms with Crippen LogP contribution in [0, 0.1) is 0 Å². The molecule has 0 atom stereocenters. The molecule has 0 saturated carbocycles. The van der Waals surface area contributed by atoms with Crippen LogP contribution in [0.15, 0.2) is 54.7 Å². The van der Waals surface area contributed by atoms with Crippen LogP contribution in [0.25, 0.3) is 0 Å². The van der Waals surface area contributed by atoms with Crippen molar-refractivity contribution in [2.24, 2.45) is 4.99 Å². The van der Waals surface area contributed by atoms with E-state index in [4.69, 9.17) is 5.73 Å². The summed E-state index contributed by atoms with van der Waals surface area (Å²) in [6, 6.07) is 6.68. The number of carbonyl (C=O) groups excluding carboxylic acids is 2. The van der Waals surface area contributed by atoms with Crippen LogP contribution in [-0.4, -0.2) is 41.6 Å². The van der Waals surface area contributed by atoms with Crippen LogP contribution in [-0.2, 0) is 4.79 Å². The molecule has 0 spiro atoms. The zero-order valence-electron chi connectivity index (χ0n) is 12.2. The van der Waals surface area contributed by atoms with Gasteiger partial charge >= 0.3 is 0 Å². The van der Waals surface area contributed by atoms with E-state index < -0.39 is 0 Å². The number of nitrogens with one attached hydrogen (secondary N) is 1.